The molecule has 0 bridgehead atoms. The quantitative estimate of drug-likeness (QED) is 0.533. The summed E-state index contributed by atoms with van der Waals surface area (Å²) in [5.74, 6) is -0.262. The van der Waals surface area contributed by atoms with Crippen LogP contribution in [-0.2, 0) is 19.3 Å². The topological polar surface area (TPSA) is 103 Å². The predicted molar refractivity (Wildman–Crippen MR) is 122 cm³/mol. The van der Waals surface area contributed by atoms with Gasteiger partial charge in [-0.25, -0.2) is 4.79 Å². The summed E-state index contributed by atoms with van der Waals surface area (Å²) in [5, 5.41) is 17.5. The Morgan fingerprint density at radius 3 is 2.69 bits per heavy atom. The van der Waals surface area contributed by atoms with E-state index in [0.29, 0.717) is 36.5 Å². The number of hydrogen-bond donors (Lipinski definition) is 0. The largest absolute Gasteiger partial charge is 0.497 e. The van der Waals surface area contributed by atoms with Crippen LogP contribution in [0, 0.1) is 11.3 Å². The van der Waals surface area contributed by atoms with Crippen molar-refractivity contribution < 1.29 is 22.7 Å². The van der Waals surface area contributed by atoms with Gasteiger partial charge in [-0.15, -0.1) is 10.2 Å². The molecule has 3 aromatic rings. The minimum absolute atomic E-state index is 0.0186. The number of nitrogens with zero attached hydrogens (tertiary/aromatic N) is 8. The summed E-state index contributed by atoms with van der Waals surface area (Å²) >= 11 is 0. The van der Waals surface area contributed by atoms with Gasteiger partial charge in [0.2, 0.25) is 5.82 Å². The Bertz CT molecular complexity index is 1370. The molecule has 188 valence electrons. The molecular weight excluding hydrogens is 477 g/mol. The predicted octanol–water partition coefficient (Wildman–Crippen LogP) is 2.87. The molecule has 2 aromatic heterocycles. The van der Waals surface area contributed by atoms with Crippen molar-refractivity contribution in [2.45, 2.75) is 32.2 Å². The fourth-order valence-corrected chi connectivity index (χ4v) is 4.87. The van der Waals surface area contributed by atoms with Gasteiger partial charge in [-0.3, -0.25) is 4.98 Å². The lowest BCUT2D eigenvalue weighted by Crippen LogP contribution is -2.58. The zero-order valence-corrected chi connectivity index (χ0v) is 19.7. The second-order valence-corrected chi connectivity index (χ2v) is 8.80. The number of amides is 2. The first-order valence-electron chi connectivity index (χ1n) is 11.4. The van der Waals surface area contributed by atoms with Crippen LogP contribution in [0.15, 0.2) is 24.4 Å². The van der Waals surface area contributed by atoms with Crippen LogP contribution in [0.3, 0.4) is 0 Å². The molecule has 1 aromatic carbocycles. The lowest BCUT2D eigenvalue weighted by Gasteiger charge is -2.43. The highest BCUT2D eigenvalue weighted by Crippen LogP contribution is 2.33. The Labute approximate surface area is 204 Å². The van der Waals surface area contributed by atoms with E-state index in [1.807, 2.05) is 25.1 Å². The van der Waals surface area contributed by atoms with Crippen LogP contribution in [0.1, 0.15) is 24.1 Å². The standard InChI is InChI=1S/C23H23F3N8O2/c1-14-12-31(20-15(10-27)11-28-18-9-16(36-2)3-4-17(18)20)5-7-33(14)22(35)32-6-8-34-19(13-32)29-30-21(34)23(24,25)26/h3-4,9,11,14H,5-8,12-13H2,1-2H3. The number of carbonyl (C=O) groups excluding carboxylic acids is 1. The van der Waals surface area contributed by atoms with Crippen molar-refractivity contribution in [2.75, 3.05) is 38.2 Å². The molecule has 1 unspecified atom stereocenters. The normalized spacial score (nSPS) is 18.2. The van der Waals surface area contributed by atoms with E-state index in [1.54, 1.807) is 18.2 Å². The first-order valence-corrected chi connectivity index (χ1v) is 11.4. The molecule has 1 saturated heterocycles. The van der Waals surface area contributed by atoms with Crippen molar-refractivity contribution in [3.63, 3.8) is 0 Å². The second-order valence-electron chi connectivity index (χ2n) is 8.80. The lowest BCUT2D eigenvalue weighted by molar-refractivity contribution is -0.147. The second kappa shape index (κ2) is 8.85. The molecule has 4 heterocycles. The molecule has 36 heavy (non-hydrogen) atoms. The van der Waals surface area contributed by atoms with E-state index in [1.165, 1.54) is 4.90 Å². The van der Waals surface area contributed by atoms with Gasteiger partial charge < -0.3 is 24.0 Å². The lowest BCUT2D eigenvalue weighted by atomic mass is 10.1. The number of pyridine rings is 1. The van der Waals surface area contributed by atoms with Crippen molar-refractivity contribution >= 4 is 22.6 Å². The van der Waals surface area contributed by atoms with E-state index in [0.717, 1.165) is 15.6 Å². The number of nitriles is 1. The van der Waals surface area contributed by atoms with Gasteiger partial charge in [0.1, 0.15) is 11.8 Å². The Morgan fingerprint density at radius 2 is 2.00 bits per heavy atom. The van der Waals surface area contributed by atoms with Crippen molar-refractivity contribution in [2.24, 2.45) is 0 Å². The maximum atomic E-state index is 13.3. The third-order valence-corrected chi connectivity index (χ3v) is 6.64. The number of fused-ring (bicyclic) bond motifs is 2. The number of hydrogen-bond acceptors (Lipinski definition) is 7. The maximum absolute atomic E-state index is 13.3. The number of anilines is 1. The first-order chi connectivity index (χ1) is 17.2. The van der Waals surface area contributed by atoms with Gasteiger partial charge in [0.25, 0.3) is 0 Å². The van der Waals surface area contributed by atoms with Crippen LogP contribution in [-0.4, -0.2) is 74.9 Å². The summed E-state index contributed by atoms with van der Waals surface area (Å²) in [7, 11) is 1.57. The first kappa shape index (κ1) is 23.7. The van der Waals surface area contributed by atoms with Gasteiger partial charge in [-0.1, -0.05) is 0 Å². The van der Waals surface area contributed by atoms with Crippen LogP contribution >= 0.6 is 0 Å². The van der Waals surface area contributed by atoms with Gasteiger partial charge in [0.15, 0.2) is 5.82 Å². The minimum Gasteiger partial charge on any atom is -0.497 e. The Morgan fingerprint density at radius 1 is 1.19 bits per heavy atom. The Hall–Kier alpha value is -4.08. The summed E-state index contributed by atoms with van der Waals surface area (Å²) < 4.78 is 45.7. The average molecular weight is 500 g/mol. The highest BCUT2D eigenvalue weighted by atomic mass is 19.4. The van der Waals surface area contributed by atoms with Crippen LogP contribution in [0.5, 0.6) is 5.75 Å². The summed E-state index contributed by atoms with van der Waals surface area (Å²) in [4.78, 5) is 23.0. The molecule has 2 amide bonds. The van der Waals surface area contributed by atoms with E-state index >= 15 is 0 Å². The van der Waals surface area contributed by atoms with E-state index < -0.39 is 12.0 Å². The number of methoxy groups -OCH3 is 1. The number of carbonyl (C=O) groups is 1. The van der Waals surface area contributed by atoms with Crippen LogP contribution < -0.4 is 9.64 Å². The molecule has 0 radical (unpaired) electrons. The fourth-order valence-electron chi connectivity index (χ4n) is 4.87. The average Bonchev–Trinajstić information content (AvgIpc) is 3.31. The zero-order chi connectivity index (χ0) is 25.6. The molecule has 0 spiro atoms. The molecule has 2 aliphatic rings. The minimum atomic E-state index is -4.59. The van der Waals surface area contributed by atoms with Gasteiger partial charge in [-0.2, -0.15) is 18.4 Å². The van der Waals surface area contributed by atoms with Crippen molar-refractivity contribution in [3.8, 4) is 11.8 Å². The molecule has 1 fully saturated rings. The molecule has 10 nitrogen and oxygen atoms in total. The molecule has 0 aliphatic carbocycles. The number of rotatable bonds is 2. The highest BCUT2D eigenvalue weighted by Gasteiger charge is 2.41. The summed E-state index contributed by atoms with van der Waals surface area (Å²) in [6.45, 7) is 3.35. The summed E-state index contributed by atoms with van der Waals surface area (Å²) in [6, 6.07) is 7.26. The van der Waals surface area contributed by atoms with E-state index in [9.17, 15) is 23.2 Å². The molecule has 5 rings (SSSR count). The third-order valence-electron chi connectivity index (χ3n) is 6.64. The van der Waals surface area contributed by atoms with Gasteiger partial charge in [0.05, 0.1) is 30.4 Å². The van der Waals surface area contributed by atoms with Crippen LogP contribution in [0.25, 0.3) is 10.9 Å². The Balaban J connectivity index is 1.34. The molecule has 0 saturated carbocycles. The van der Waals surface area contributed by atoms with Crippen molar-refractivity contribution in [1.29, 1.82) is 5.26 Å². The number of aromatic nitrogens is 4. The van der Waals surface area contributed by atoms with Gasteiger partial charge in [0, 0.05) is 56.4 Å². The Kier molecular flexibility index (Phi) is 5.82. The SMILES string of the molecule is COc1ccc2c(N3CCN(C(=O)N4CCn5c(nnc5C(F)(F)F)C4)C(C)C3)c(C#N)cnc2c1. The molecule has 2 aliphatic heterocycles. The van der Waals surface area contributed by atoms with Gasteiger partial charge >= 0.3 is 12.2 Å². The zero-order valence-electron chi connectivity index (χ0n) is 19.7. The summed E-state index contributed by atoms with van der Waals surface area (Å²) in [5.41, 5.74) is 1.90. The van der Waals surface area contributed by atoms with Gasteiger partial charge in [-0.05, 0) is 19.1 Å². The van der Waals surface area contributed by atoms with E-state index in [4.69, 9.17) is 4.74 Å². The monoisotopic (exact) mass is 500 g/mol. The van der Waals surface area contributed by atoms with Crippen molar-refractivity contribution in [3.05, 3.63) is 41.6 Å². The maximum Gasteiger partial charge on any atom is 0.451 e. The number of benzene rings is 1. The van der Waals surface area contributed by atoms with Crippen molar-refractivity contribution in [1.82, 2.24) is 29.5 Å². The van der Waals surface area contributed by atoms with E-state index in [-0.39, 0.29) is 37.5 Å². The molecule has 13 heteroatoms. The number of ether oxygens (including phenoxy) is 1. The number of piperazine rings is 1. The number of alkyl halides is 3. The fraction of sp³-hybridized carbons (Fsp3) is 0.435. The summed E-state index contributed by atoms with van der Waals surface area (Å²) in [6.07, 6.45) is -3.05. The molecular formula is C23H23F3N8O2. The number of urea groups is 1. The third kappa shape index (κ3) is 4.02. The number of halogens is 3. The molecule has 0 N–H and O–H groups in total. The van der Waals surface area contributed by atoms with E-state index in [2.05, 4.69) is 26.2 Å². The highest BCUT2D eigenvalue weighted by molar-refractivity contribution is 5.95. The van der Waals surface area contributed by atoms with Crippen LogP contribution in [0.4, 0.5) is 23.7 Å². The smallest absolute Gasteiger partial charge is 0.451 e. The van der Waals surface area contributed by atoms with Crippen LogP contribution in [0.2, 0.25) is 0 Å². The molecule has 1 atom stereocenters.